The van der Waals surface area contributed by atoms with Crippen LogP contribution in [-0.2, 0) is 16.1 Å². The van der Waals surface area contributed by atoms with Crippen LogP contribution in [0.4, 0.5) is 5.69 Å². The average molecular weight is 358 g/mol. The number of anilines is 1. The highest BCUT2D eigenvalue weighted by Crippen LogP contribution is 2.24. The van der Waals surface area contributed by atoms with Crippen LogP contribution >= 0.6 is 0 Å². The van der Waals surface area contributed by atoms with Crippen molar-refractivity contribution >= 4 is 17.5 Å². The number of piperazine rings is 1. The lowest BCUT2D eigenvalue weighted by Crippen LogP contribution is -2.51. The van der Waals surface area contributed by atoms with E-state index in [1.165, 1.54) is 37.7 Å². The number of nitrogens with zero attached hydrogens (tertiary/aromatic N) is 2. The average Bonchev–Trinajstić information content (AvgIpc) is 2.67. The van der Waals surface area contributed by atoms with E-state index in [4.69, 9.17) is 0 Å². The van der Waals surface area contributed by atoms with E-state index >= 15 is 0 Å². The summed E-state index contributed by atoms with van der Waals surface area (Å²) in [6.07, 6.45) is 6.57. The molecule has 1 aliphatic carbocycles. The highest BCUT2D eigenvalue weighted by atomic mass is 16.2. The second-order valence-corrected chi connectivity index (χ2v) is 7.38. The van der Waals surface area contributed by atoms with Gasteiger partial charge >= 0.3 is 0 Å². The number of amides is 2. The topological polar surface area (TPSA) is 64.7 Å². The Hall–Kier alpha value is -2.08. The number of nitrogens with one attached hydrogen (secondary N) is 2. The van der Waals surface area contributed by atoms with Gasteiger partial charge in [-0.2, -0.15) is 0 Å². The first kappa shape index (κ1) is 18.7. The Kier molecular flexibility index (Phi) is 6.50. The second kappa shape index (κ2) is 9.03. The maximum absolute atomic E-state index is 12.4. The van der Waals surface area contributed by atoms with E-state index in [1.807, 2.05) is 18.2 Å². The van der Waals surface area contributed by atoms with Gasteiger partial charge in [0.1, 0.15) is 0 Å². The van der Waals surface area contributed by atoms with Gasteiger partial charge in [-0.15, -0.1) is 0 Å². The third kappa shape index (κ3) is 4.97. The Balaban J connectivity index is 1.56. The fourth-order valence-electron chi connectivity index (χ4n) is 3.88. The number of carbonyl (C=O) groups excluding carboxylic acids is 2. The van der Waals surface area contributed by atoms with E-state index in [-0.39, 0.29) is 24.9 Å². The first-order valence-electron chi connectivity index (χ1n) is 9.70. The number of carbonyl (C=O) groups is 2. The predicted molar refractivity (Wildman–Crippen MR) is 103 cm³/mol. The molecule has 0 atom stereocenters. The molecule has 2 amide bonds. The molecular weight excluding hydrogens is 328 g/mol. The van der Waals surface area contributed by atoms with Crippen molar-refractivity contribution in [2.75, 3.05) is 38.5 Å². The Bertz CT molecular complexity index is 628. The molecule has 6 heteroatoms. The largest absolute Gasteiger partial charge is 0.376 e. The van der Waals surface area contributed by atoms with Crippen molar-refractivity contribution < 1.29 is 9.59 Å². The molecule has 1 aliphatic heterocycles. The molecular formula is C20H30N4O2. The number of benzene rings is 1. The summed E-state index contributed by atoms with van der Waals surface area (Å²) in [6, 6.07) is 8.85. The van der Waals surface area contributed by atoms with Gasteiger partial charge in [-0.1, -0.05) is 37.5 Å². The molecule has 0 spiro atoms. The number of para-hydroxylation sites is 1. The molecule has 2 aliphatic rings. The summed E-state index contributed by atoms with van der Waals surface area (Å²) in [5.41, 5.74) is 2.22. The zero-order valence-corrected chi connectivity index (χ0v) is 15.7. The molecule has 2 N–H and O–H groups in total. The predicted octanol–water partition coefficient (Wildman–Crippen LogP) is 1.82. The molecule has 0 bridgehead atoms. The van der Waals surface area contributed by atoms with E-state index in [0.29, 0.717) is 19.1 Å². The maximum Gasteiger partial charge on any atom is 0.242 e. The minimum Gasteiger partial charge on any atom is -0.376 e. The van der Waals surface area contributed by atoms with Gasteiger partial charge in [0.15, 0.2) is 0 Å². The third-order valence-electron chi connectivity index (χ3n) is 5.46. The van der Waals surface area contributed by atoms with Crippen molar-refractivity contribution in [3.8, 4) is 0 Å². The summed E-state index contributed by atoms with van der Waals surface area (Å²) >= 11 is 0. The molecule has 6 nitrogen and oxygen atoms in total. The second-order valence-electron chi connectivity index (χ2n) is 7.38. The number of rotatable bonds is 6. The molecule has 3 rings (SSSR count). The van der Waals surface area contributed by atoms with Gasteiger partial charge in [0, 0.05) is 31.4 Å². The zero-order chi connectivity index (χ0) is 18.4. The molecule has 1 saturated heterocycles. The van der Waals surface area contributed by atoms with Crippen molar-refractivity contribution in [1.82, 2.24) is 15.1 Å². The normalized spacial score (nSPS) is 18.7. The Morgan fingerprint density at radius 1 is 1.27 bits per heavy atom. The molecule has 1 heterocycles. The van der Waals surface area contributed by atoms with Crippen molar-refractivity contribution in [1.29, 1.82) is 0 Å². The summed E-state index contributed by atoms with van der Waals surface area (Å²) < 4.78 is 0. The fraction of sp³-hybridized carbons (Fsp3) is 0.600. The Morgan fingerprint density at radius 2 is 2.04 bits per heavy atom. The highest BCUT2D eigenvalue weighted by molar-refractivity contribution is 5.88. The van der Waals surface area contributed by atoms with Gasteiger partial charge in [0.25, 0.3) is 0 Å². The summed E-state index contributed by atoms with van der Waals surface area (Å²) in [4.78, 5) is 27.9. The van der Waals surface area contributed by atoms with E-state index < -0.39 is 0 Å². The van der Waals surface area contributed by atoms with Crippen LogP contribution in [0.15, 0.2) is 24.3 Å². The summed E-state index contributed by atoms with van der Waals surface area (Å²) in [5, 5.41) is 6.03. The lowest BCUT2D eigenvalue weighted by Gasteiger charge is -2.32. The monoisotopic (exact) mass is 358 g/mol. The summed E-state index contributed by atoms with van der Waals surface area (Å²) in [5.74, 6) is -0.116. The minimum absolute atomic E-state index is 0.0321. The first-order chi connectivity index (χ1) is 12.6. The van der Waals surface area contributed by atoms with Crippen molar-refractivity contribution in [2.24, 2.45) is 0 Å². The molecule has 0 radical (unpaired) electrons. The van der Waals surface area contributed by atoms with Crippen LogP contribution in [0.1, 0.15) is 37.7 Å². The van der Waals surface area contributed by atoms with E-state index in [0.717, 1.165) is 12.2 Å². The number of hydrogen-bond acceptors (Lipinski definition) is 4. The fourth-order valence-corrected chi connectivity index (χ4v) is 3.88. The van der Waals surface area contributed by atoms with Crippen molar-refractivity contribution in [2.45, 2.75) is 44.7 Å². The minimum atomic E-state index is -0.0842. The van der Waals surface area contributed by atoms with Crippen LogP contribution in [0.5, 0.6) is 0 Å². The van der Waals surface area contributed by atoms with Crippen LogP contribution in [0.25, 0.3) is 0 Å². The van der Waals surface area contributed by atoms with Crippen molar-refractivity contribution in [3.63, 3.8) is 0 Å². The molecule has 1 saturated carbocycles. The van der Waals surface area contributed by atoms with Gasteiger partial charge in [0.05, 0.1) is 13.1 Å². The van der Waals surface area contributed by atoms with Crippen LogP contribution in [-0.4, -0.2) is 60.9 Å². The van der Waals surface area contributed by atoms with Crippen LogP contribution in [0.2, 0.25) is 0 Å². The Labute approximate surface area is 155 Å². The van der Waals surface area contributed by atoms with Crippen LogP contribution < -0.4 is 10.6 Å². The summed E-state index contributed by atoms with van der Waals surface area (Å²) in [6.45, 7) is 2.38. The molecule has 26 heavy (non-hydrogen) atoms. The van der Waals surface area contributed by atoms with Crippen LogP contribution in [0, 0.1) is 0 Å². The maximum atomic E-state index is 12.4. The smallest absolute Gasteiger partial charge is 0.242 e. The van der Waals surface area contributed by atoms with E-state index in [9.17, 15) is 9.59 Å². The third-order valence-corrected chi connectivity index (χ3v) is 5.46. The highest BCUT2D eigenvalue weighted by Gasteiger charge is 2.21. The summed E-state index contributed by atoms with van der Waals surface area (Å²) in [7, 11) is 2.20. The Morgan fingerprint density at radius 3 is 2.81 bits per heavy atom. The standard InChI is InChI=1S/C20H30N4O2/c1-23(17-8-3-2-4-9-17)14-16-7-5-6-10-18(16)22-13-20(26)24-12-11-21-19(25)15-24/h5-7,10,17,22H,2-4,8-9,11-15H2,1H3,(H,21,25). The van der Waals surface area contributed by atoms with Gasteiger partial charge < -0.3 is 15.5 Å². The van der Waals surface area contributed by atoms with Gasteiger partial charge in [-0.3, -0.25) is 14.5 Å². The first-order valence-corrected chi connectivity index (χ1v) is 9.70. The van der Waals surface area contributed by atoms with E-state index in [2.05, 4.69) is 28.6 Å². The lowest BCUT2D eigenvalue weighted by atomic mass is 9.94. The van der Waals surface area contributed by atoms with Gasteiger partial charge in [-0.05, 0) is 31.5 Å². The molecule has 1 aromatic rings. The molecule has 0 aromatic heterocycles. The van der Waals surface area contributed by atoms with Crippen molar-refractivity contribution in [3.05, 3.63) is 29.8 Å². The van der Waals surface area contributed by atoms with Gasteiger partial charge in [-0.25, -0.2) is 0 Å². The number of hydrogen-bond donors (Lipinski definition) is 2. The quantitative estimate of drug-likeness (QED) is 0.814. The van der Waals surface area contributed by atoms with Crippen LogP contribution in [0.3, 0.4) is 0 Å². The molecule has 2 fully saturated rings. The van der Waals surface area contributed by atoms with Gasteiger partial charge in [0.2, 0.25) is 11.8 Å². The van der Waals surface area contributed by atoms with E-state index in [1.54, 1.807) is 4.90 Å². The molecule has 0 unspecified atom stereocenters. The lowest BCUT2D eigenvalue weighted by molar-refractivity contribution is -0.136. The zero-order valence-electron chi connectivity index (χ0n) is 15.7. The molecule has 1 aromatic carbocycles. The molecule has 142 valence electrons. The SMILES string of the molecule is CN(Cc1ccccc1NCC(=O)N1CCNC(=O)C1)C1CCCCC1.